The summed E-state index contributed by atoms with van der Waals surface area (Å²) in [6.07, 6.45) is 0.896. The zero-order chi connectivity index (χ0) is 15.1. The van der Waals surface area contributed by atoms with Crippen molar-refractivity contribution >= 4 is 23.2 Å². The fourth-order valence-electron chi connectivity index (χ4n) is 1.94. The number of anilines is 2. The monoisotopic (exact) mass is 278 g/mol. The number of amides is 2. The van der Waals surface area contributed by atoms with Gasteiger partial charge in [-0.15, -0.1) is 0 Å². The summed E-state index contributed by atoms with van der Waals surface area (Å²) in [6.45, 7) is 3.00. The number of likely N-dealkylation sites (N-methyl/N-ethyl adjacent to an activating group) is 1. The van der Waals surface area contributed by atoms with Gasteiger partial charge in [-0.05, 0) is 24.6 Å². The van der Waals surface area contributed by atoms with Crippen molar-refractivity contribution in [2.75, 3.05) is 37.8 Å². The Morgan fingerprint density at radius 3 is 2.45 bits per heavy atom. The Morgan fingerprint density at radius 1 is 1.25 bits per heavy atom. The fraction of sp³-hybridized carbons (Fsp3) is 0.429. The van der Waals surface area contributed by atoms with Gasteiger partial charge in [0.25, 0.3) is 5.91 Å². The highest BCUT2D eigenvalue weighted by Crippen LogP contribution is 2.24. The number of benzene rings is 1. The first-order valence-corrected chi connectivity index (χ1v) is 6.60. The molecular weight excluding hydrogens is 256 g/mol. The molecule has 0 radical (unpaired) electrons. The van der Waals surface area contributed by atoms with Crippen LogP contribution in [-0.4, -0.2) is 39.0 Å². The number of nitrogens with one attached hydrogen (secondary N) is 2. The summed E-state index contributed by atoms with van der Waals surface area (Å²) in [6, 6.07) is 5.11. The van der Waals surface area contributed by atoms with Crippen LogP contribution < -0.4 is 21.3 Å². The molecule has 1 aromatic rings. The molecule has 0 aliphatic carbocycles. The van der Waals surface area contributed by atoms with Crippen LogP contribution >= 0.6 is 0 Å². The second kappa shape index (κ2) is 7.37. The van der Waals surface area contributed by atoms with E-state index in [1.54, 1.807) is 32.3 Å². The molecule has 0 saturated heterocycles. The molecule has 0 spiro atoms. The van der Waals surface area contributed by atoms with E-state index in [1.165, 1.54) is 0 Å². The number of rotatable bonds is 6. The Labute approximate surface area is 119 Å². The Hall–Kier alpha value is -2.24. The van der Waals surface area contributed by atoms with Crippen LogP contribution in [0.25, 0.3) is 0 Å². The predicted molar refractivity (Wildman–Crippen MR) is 80.8 cm³/mol. The maximum atomic E-state index is 11.6. The van der Waals surface area contributed by atoms with Crippen LogP contribution in [0.3, 0.4) is 0 Å². The van der Waals surface area contributed by atoms with Crippen LogP contribution in [0.4, 0.5) is 11.4 Å². The van der Waals surface area contributed by atoms with E-state index in [2.05, 4.69) is 10.6 Å². The molecule has 0 aliphatic rings. The first-order valence-electron chi connectivity index (χ1n) is 6.60. The van der Waals surface area contributed by atoms with Gasteiger partial charge >= 0.3 is 0 Å². The van der Waals surface area contributed by atoms with Gasteiger partial charge in [-0.25, -0.2) is 0 Å². The maximum Gasteiger partial charge on any atom is 0.251 e. The van der Waals surface area contributed by atoms with Crippen molar-refractivity contribution in [1.29, 1.82) is 0 Å². The highest BCUT2D eigenvalue weighted by atomic mass is 16.2. The molecule has 1 aromatic carbocycles. The van der Waals surface area contributed by atoms with E-state index in [9.17, 15) is 9.59 Å². The Kier molecular flexibility index (Phi) is 5.83. The van der Waals surface area contributed by atoms with Crippen LogP contribution in [0.15, 0.2) is 18.2 Å². The highest BCUT2D eigenvalue weighted by Gasteiger charge is 2.14. The molecule has 0 heterocycles. The molecule has 6 heteroatoms. The van der Waals surface area contributed by atoms with Crippen LogP contribution in [0, 0.1) is 0 Å². The lowest BCUT2D eigenvalue weighted by atomic mass is 10.1. The number of hydrogen-bond donors (Lipinski definition) is 3. The average Bonchev–Trinajstić information content (AvgIpc) is 2.45. The summed E-state index contributed by atoms with van der Waals surface area (Å²) in [7, 11) is 3.17. The van der Waals surface area contributed by atoms with E-state index >= 15 is 0 Å². The lowest BCUT2D eigenvalue weighted by molar-refractivity contribution is -0.119. The van der Waals surface area contributed by atoms with Crippen molar-refractivity contribution in [3.63, 3.8) is 0 Å². The number of nitrogens with two attached hydrogens (primary N) is 1. The van der Waals surface area contributed by atoms with Gasteiger partial charge in [0.15, 0.2) is 0 Å². The molecule has 0 fully saturated rings. The molecule has 2 amide bonds. The number of carbonyl (C=O) groups excluding carboxylic acids is 2. The minimum atomic E-state index is -0.184. The molecule has 110 valence electrons. The van der Waals surface area contributed by atoms with Gasteiger partial charge in [0, 0.05) is 26.2 Å². The first kappa shape index (κ1) is 15.8. The van der Waals surface area contributed by atoms with Gasteiger partial charge in [-0.1, -0.05) is 6.92 Å². The Balaban J connectivity index is 3.02. The third-order valence-electron chi connectivity index (χ3n) is 2.96. The summed E-state index contributed by atoms with van der Waals surface area (Å²) in [5.74, 6) is -0.259. The third kappa shape index (κ3) is 3.88. The van der Waals surface area contributed by atoms with Crippen molar-refractivity contribution in [1.82, 2.24) is 10.6 Å². The number of hydrogen-bond acceptors (Lipinski definition) is 4. The molecule has 0 aliphatic heterocycles. The van der Waals surface area contributed by atoms with E-state index in [1.807, 2.05) is 11.8 Å². The third-order valence-corrected chi connectivity index (χ3v) is 2.96. The normalized spacial score (nSPS) is 9.95. The Morgan fingerprint density at radius 2 is 1.95 bits per heavy atom. The summed E-state index contributed by atoms with van der Waals surface area (Å²) in [5, 5.41) is 5.15. The highest BCUT2D eigenvalue weighted by molar-refractivity contribution is 5.96. The van der Waals surface area contributed by atoms with E-state index in [4.69, 9.17) is 5.73 Å². The van der Waals surface area contributed by atoms with Crippen molar-refractivity contribution < 1.29 is 9.59 Å². The molecule has 0 bridgehead atoms. The van der Waals surface area contributed by atoms with Crippen LogP contribution in [0.1, 0.15) is 23.7 Å². The van der Waals surface area contributed by atoms with Crippen LogP contribution in [-0.2, 0) is 4.79 Å². The van der Waals surface area contributed by atoms with Crippen molar-refractivity contribution in [2.24, 2.45) is 0 Å². The minimum Gasteiger partial charge on any atom is -0.397 e. The number of nitrogen functional groups attached to an aromatic ring is 1. The lowest BCUT2D eigenvalue weighted by Gasteiger charge is -2.25. The second-order valence-electron chi connectivity index (χ2n) is 4.45. The molecule has 0 aromatic heterocycles. The number of carbonyl (C=O) groups is 2. The van der Waals surface area contributed by atoms with Crippen molar-refractivity contribution in [3.05, 3.63) is 23.8 Å². The molecule has 20 heavy (non-hydrogen) atoms. The molecule has 6 nitrogen and oxygen atoms in total. The largest absolute Gasteiger partial charge is 0.397 e. The van der Waals surface area contributed by atoms with Crippen molar-refractivity contribution in [3.8, 4) is 0 Å². The molecule has 1 rings (SSSR count). The molecule has 0 unspecified atom stereocenters. The summed E-state index contributed by atoms with van der Waals surface area (Å²) in [4.78, 5) is 25.0. The summed E-state index contributed by atoms with van der Waals surface area (Å²) < 4.78 is 0. The van der Waals surface area contributed by atoms with Crippen LogP contribution in [0.2, 0.25) is 0 Å². The van der Waals surface area contributed by atoms with E-state index in [0.29, 0.717) is 11.3 Å². The zero-order valence-corrected chi connectivity index (χ0v) is 12.2. The molecule has 0 saturated carbocycles. The van der Waals surface area contributed by atoms with E-state index < -0.39 is 0 Å². The van der Waals surface area contributed by atoms with Gasteiger partial charge < -0.3 is 21.3 Å². The smallest absolute Gasteiger partial charge is 0.251 e. The van der Waals surface area contributed by atoms with Gasteiger partial charge in [-0.2, -0.15) is 0 Å². The first-order chi connectivity index (χ1) is 9.53. The lowest BCUT2D eigenvalue weighted by Crippen LogP contribution is -2.36. The molecule has 4 N–H and O–H groups in total. The topological polar surface area (TPSA) is 87.5 Å². The zero-order valence-electron chi connectivity index (χ0n) is 12.2. The second-order valence-corrected chi connectivity index (χ2v) is 4.45. The minimum absolute atomic E-state index is 0.0757. The SMILES string of the molecule is CCCN(CC(=O)NC)c1ccc(C(=O)NC)cc1N. The molecular formula is C14H22N4O2. The summed E-state index contributed by atoms with van der Waals surface area (Å²) >= 11 is 0. The molecule has 0 atom stereocenters. The van der Waals surface area contributed by atoms with Gasteiger partial charge in [-0.3, -0.25) is 9.59 Å². The number of nitrogens with zero attached hydrogens (tertiary/aromatic N) is 1. The van der Waals surface area contributed by atoms with Crippen LogP contribution in [0.5, 0.6) is 0 Å². The average molecular weight is 278 g/mol. The van der Waals surface area contributed by atoms with E-state index in [0.717, 1.165) is 18.7 Å². The Bertz CT molecular complexity index is 488. The van der Waals surface area contributed by atoms with Crippen molar-refractivity contribution in [2.45, 2.75) is 13.3 Å². The fourth-order valence-corrected chi connectivity index (χ4v) is 1.94. The van der Waals surface area contributed by atoms with Gasteiger partial charge in [0.05, 0.1) is 17.9 Å². The predicted octanol–water partition coefficient (Wildman–Crippen LogP) is 0.591. The standard InChI is InChI=1S/C14H22N4O2/c1-4-7-18(9-13(19)16-2)12-6-5-10(8-11(12)15)14(20)17-3/h5-6,8H,4,7,9,15H2,1-3H3,(H,16,19)(H,17,20). The van der Waals surface area contributed by atoms with E-state index in [-0.39, 0.29) is 18.4 Å². The van der Waals surface area contributed by atoms with Gasteiger partial charge in [0.2, 0.25) is 5.91 Å². The quantitative estimate of drug-likeness (QED) is 0.665. The van der Waals surface area contributed by atoms with Gasteiger partial charge in [0.1, 0.15) is 0 Å². The maximum absolute atomic E-state index is 11.6. The summed E-state index contributed by atoms with van der Waals surface area (Å²) in [5.41, 5.74) is 7.77.